The fraction of sp³-hybridized carbons (Fsp3) is 0.200. The number of imidazole rings is 1. The Hall–Kier alpha value is -2.40. The van der Waals surface area contributed by atoms with Gasteiger partial charge in [0.05, 0.1) is 11.0 Å². The molecule has 4 nitrogen and oxygen atoms in total. The Kier molecular flexibility index (Phi) is 5.66. The third kappa shape index (κ3) is 4.37. The Labute approximate surface area is 155 Å². The van der Waals surface area contributed by atoms with E-state index in [0.717, 1.165) is 27.9 Å². The van der Waals surface area contributed by atoms with Crippen molar-refractivity contribution < 1.29 is 4.79 Å². The highest BCUT2D eigenvalue weighted by molar-refractivity contribution is 9.10. The Morgan fingerprint density at radius 3 is 2.88 bits per heavy atom. The summed E-state index contributed by atoms with van der Waals surface area (Å²) in [5.41, 5.74) is 3.29. The lowest BCUT2D eigenvalue weighted by Crippen LogP contribution is -2.24. The van der Waals surface area contributed by atoms with Crippen molar-refractivity contribution in [2.24, 2.45) is 0 Å². The standard InChI is InChI=1S/C20H20BrN3O/c1-2-6-20(25)22-12-11-19-23-17-9-3-4-10-18(17)24(19)14-15-7-5-8-16(21)13-15/h2-10,13H,11-12,14H2,1H3,(H,22,25)/b6-2+. The predicted molar refractivity (Wildman–Crippen MR) is 105 cm³/mol. The molecule has 0 atom stereocenters. The summed E-state index contributed by atoms with van der Waals surface area (Å²) in [6.07, 6.45) is 3.95. The van der Waals surface area contributed by atoms with Gasteiger partial charge in [-0.1, -0.05) is 46.3 Å². The van der Waals surface area contributed by atoms with Crippen LogP contribution >= 0.6 is 15.9 Å². The first-order valence-electron chi connectivity index (χ1n) is 8.26. The molecular formula is C20H20BrN3O. The molecule has 0 bridgehead atoms. The second kappa shape index (κ2) is 8.12. The van der Waals surface area contributed by atoms with Crippen LogP contribution in [0.2, 0.25) is 0 Å². The van der Waals surface area contributed by atoms with Gasteiger partial charge in [0, 0.05) is 24.0 Å². The number of fused-ring (bicyclic) bond motifs is 1. The largest absolute Gasteiger partial charge is 0.352 e. The molecule has 0 aliphatic rings. The van der Waals surface area contributed by atoms with Gasteiger partial charge in [-0.05, 0) is 42.8 Å². The number of nitrogens with one attached hydrogen (secondary N) is 1. The van der Waals surface area contributed by atoms with Crippen molar-refractivity contribution in [1.29, 1.82) is 0 Å². The molecule has 3 aromatic rings. The van der Waals surface area contributed by atoms with Gasteiger partial charge in [-0.25, -0.2) is 4.98 Å². The van der Waals surface area contributed by atoms with Gasteiger partial charge in [-0.2, -0.15) is 0 Å². The normalized spacial score (nSPS) is 11.3. The highest BCUT2D eigenvalue weighted by Gasteiger charge is 2.11. The molecule has 1 aromatic heterocycles. The number of carbonyl (C=O) groups excluding carboxylic acids is 1. The maximum absolute atomic E-state index is 11.6. The van der Waals surface area contributed by atoms with E-state index in [1.807, 2.05) is 37.3 Å². The zero-order valence-electron chi connectivity index (χ0n) is 14.1. The SMILES string of the molecule is C/C=C/C(=O)NCCc1nc2ccccc2n1Cc1cccc(Br)c1. The number of allylic oxidation sites excluding steroid dienone is 1. The molecule has 25 heavy (non-hydrogen) atoms. The first kappa shape index (κ1) is 17.4. The number of para-hydroxylation sites is 2. The van der Waals surface area contributed by atoms with Crippen LogP contribution in [0.15, 0.2) is 65.2 Å². The topological polar surface area (TPSA) is 46.9 Å². The number of hydrogen-bond acceptors (Lipinski definition) is 2. The first-order chi connectivity index (χ1) is 12.2. The minimum Gasteiger partial charge on any atom is -0.352 e. The van der Waals surface area contributed by atoms with Gasteiger partial charge in [0.25, 0.3) is 0 Å². The van der Waals surface area contributed by atoms with E-state index in [1.165, 1.54) is 11.6 Å². The van der Waals surface area contributed by atoms with E-state index < -0.39 is 0 Å². The number of amides is 1. The van der Waals surface area contributed by atoms with Crippen molar-refractivity contribution in [3.05, 3.63) is 76.5 Å². The smallest absolute Gasteiger partial charge is 0.243 e. The summed E-state index contributed by atoms with van der Waals surface area (Å²) in [5.74, 6) is 0.902. The van der Waals surface area contributed by atoms with Gasteiger partial charge in [-0.3, -0.25) is 4.79 Å². The zero-order valence-corrected chi connectivity index (χ0v) is 15.7. The summed E-state index contributed by atoms with van der Waals surface area (Å²) < 4.78 is 3.29. The molecule has 2 aromatic carbocycles. The monoisotopic (exact) mass is 397 g/mol. The summed E-state index contributed by atoms with van der Waals surface area (Å²) in [6.45, 7) is 3.14. The number of aromatic nitrogens is 2. The zero-order chi connectivity index (χ0) is 17.6. The number of nitrogens with zero attached hydrogens (tertiary/aromatic N) is 2. The van der Waals surface area contributed by atoms with Crippen molar-refractivity contribution >= 4 is 32.9 Å². The quantitative estimate of drug-likeness (QED) is 0.636. The lowest BCUT2D eigenvalue weighted by Gasteiger charge is -2.10. The molecule has 0 spiro atoms. The maximum Gasteiger partial charge on any atom is 0.243 e. The van der Waals surface area contributed by atoms with Crippen LogP contribution in [0, 0.1) is 0 Å². The summed E-state index contributed by atoms with van der Waals surface area (Å²) in [7, 11) is 0. The van der Waals surface area contributed by atoms with Crippen molar-refractivity contribution in [1.82, 2.24) is 14.9 Å². The lowest BCUT2D eigenvalue weighted by atomic mass is 10.2. The Morgan fingerprint density at radius 2 is 2.08 bits per heavy atom. The second-order valence-corrected chi connectivity index (χ2v) is 6.69. The summed E-state index contributed by atoms with van der Waals surface area (Å²) in [5, 5.41) is 2.89. The molecule has 0 fully saturated rings. The molecule has 128 valence electrons. The van der Waals surface area contributed by atoms with Crippen LogP contribution in [0.3, 0.4) is 0 Å². The summed E-state index contributed by atoms with van der Waals surface area (Å²) >= 11 is 3.53. The molecule has 1 amide bonds. The predicted octanol–water partition coefficient (Wildman–Crippen LogP) is 4.08. The molecule has 3 rings (SSSR count). The van der Waals surface area contributed by atoms with Crippen molar-refractivity contribution in [2.45, 2.75) is 19.9 Å². The fourth-order valence-electron chi connectivity index (χ4n) is 2.82. The van der Waals surface area contributed by atoms with Gasteiger partial charge in [-0.15, -0.1) is 0 Å². The maximum atomic E-state index is 11.6. The minimum atomic E-state index is -0.0721. The molecule has 1 heterocycles. The summed E-state index contributed by atoms with van der Waals surface area (Å²) in [6, 6.07) is 16.4. The van der Waals surface area contributed by atoms with Crippen LogP contribution < -0.4 is 5.32 Å². The molecule has 0 aliphatic carbocycles. The van der Waals surface area contributed by atoms with E-state index in [2.05, 4.69) is 44.0 Å². The van der Waals surface area contributed by atoms with Crippen LogP contribution in [-0.2, 0) is 17.8 Å². The van der Waals surface area contributed by atoms with Gasteiger partial charge in [0.1, 0.15) is 5.82 Å². The van der Waals surface area contributed by atoms with Crippen LogP contribution in [-0.4, -0.2) is 22.0 Å². The second-order valence-electron chi connectivity index (χ2n) is 5.77. The molecule has 0 radical (unpaired) electrons. The third-order valence-electron chi connectivity index (χ3n) is 3.93. The fourth-order valence-corrected chi connectivity index (χ4v) is 3.27. The lowest BCUT2D eigenvalue weighted by molar-refractivity contribution is -0.116. The average molecular weight is 398 g/mol. The average Bonchev–Trinajstić information content (AvgIpc) is 2.93. The highest BCUT2D eigenvalue weighted by atomic mass is 79.9. The first-order valence-corrected chi connectivity index (χ1v) is 9.06. The van der Waals surface area contributed by atoms with E-state index in [9.17, 15) is 4.79 Å². The van der Waals surface area contributed by atoms with Crippen LogP contribution in [0.4, 0.5) is 0 Å². The van der Waals surface area contributed by atoms with Gasteiger partial charge in [0.2, 0.25) is 5.91 Å². The number of halogens is 1. The Bertz CT molecular complexity index is 914. The summed E-state index contributed by atoms with van der Waals surface area (Å²) in [4.78, 5) is 16.3. The number of rotatable bonds is 6. The van der Waals surface area contributed by atoms with Crippen molar-refractivity contribution in [3.63, 3.8) is 0 Å². The van der Waals surface area contributed by atoms with Crippen molar-refractivity contribution in [2.75, 3.05) is 6.54 Å². The number of hydrogen-bond donors (Lipinski definition) is 1. The van der Waals surface area contributed by atoms with Crippen LogP contribution in [0.5, 0.6) is 0 Å². The molecule has 0 saturated carbocycles. The molecule has 0 unspecified atom stereocenters. The van der Waals surface area contributed by atoms with Crippen LogP contribution in [0.1, 0.15) is 18.3 Å². The van der Waals surface area contributed by atoms with Gasteiger partial charge < -0.3 is 9.88 Å². The van der Waals surface area contributed by atoms with Crippen LogP contribution in [0.25, 0.3) is 11.0 Å². The molecule has 0 aliphatic heterocycles. The third-order valence-corrected chi connectivity index (χ3v) is 4.42. The van der Waals surface area contributed by atoms with E-state index in [-0.39, 0.29) is 5.91 Å². The van der Waals surface area contributed by atoms with Gasteiger partial charge >= 0.3 is 0 Å². The van der Waals surface area contributed by atoms with Gasteiger partial charge in [0.15, 0.2) is 0 Å². The Balaban J connectivity index is 1.85. The molecule has 0 saturated heterocycles. The van der Waals surface area contributed by atoms with E-state index >= 15 is 0 Å². The van der Waals surface area contributed by atoms with E-state index in [1.54, 1.807) is 6.08 Å². The Morgan fingerprint density at radius 1 is 1.24 bits per heavy atom. The molecule has 5 heteroatoms. The molecule has 1 N–H and O–H groups in total. The van der Waals surface area contributed by atoms with Crippen molar-refractivity contribution in [3.8, 4) is 0 Å². The number of benzene rings is 2. The highest BCUT2D eigenvalue weighted by Crippen LogP contribution is 2.20. The molecular weight excluding hydrogens is 378 g/mol. The number of carbonyl (C=O) groups is 1. The van der Waals surface area contributed by atoms with E-state index in [0.29, 0.717) is 13.0 Å². The minimum absolute atomic E-state index is 0.0721. The van der Waals surface area contributed by atoms with E-state index in [4.69, 9.17) is 4.98 Å².